The van der Waals surface area contributed by atoms with Gasteiger partial charge < -0.3 is 14.6 Å². The minimum Gasteiger partial charge on any atom is -0.454 e. The number of sulfonamides is 1. The predicted molar refractivity (Wildman–Crippen MR) is 140 cm³/mol. The molecule has 194 valence electrons. The largest absolute Gasteiger partial charge is 0.454 e. The number of fused-ring (bicyclic) bond motifs is 1. The van der Waals surface area contributed by atoms with Crippen molar-refractivity contribution in [3.05, 3.63) is 82.9 Å². The van der Waals surface area contributed by atoms with E-state index in [1.54, 1.807) is 39.1 Å². The van der Waals surface area contributed by atoms with Crippen LogP contribution in [0.4, 0.5) is 5.69 Å². The first-order valence-corrected chi connectivity index (χ1v) is 13.8. The summed E-state index contributed by atoms with van der Waals surface area (Å²) in [6.07, 6.45) is 3.33. The molecule has 0 amide bonds. The molecular weight excluding hydrogens is 490 g/mol. The van der Waals surface area contributed by atoms with Gasteiger partial charge in [-0.2, -0.15) is 9.57 Å². The number of carbonyl (C=O) groups excluding carboxylic acids is 1. The zero-order chi connectivity index (χ0) is 26.8. The van der Waals surface area contributed by atoms with Crippen LogP contribution in [0, 0.1) is 11.3 Å². The topological polar surface area (TPSA) is 119 Å². The van der Waals surface area contributed by atoms with Crippen molar-refractivity contribution in [3.8, 4) is 6.07 Å². The molecule has 37 heavy (non-hydrogen) atoms. The van der Waals surface area contributed by atoms with Crippen molar-refractivity contribution in [2.24, 2.45) is 0 Å². The van der Waals surface area contributed by atoms with E-state index in [0.29, 0.717) is 30.8 Å². The molecule has 4 rings (SSSR count). The summed E-state index contributed by atoms with van der Waals surface area (Å²) in [5.41, 5.74) is 3.10. The van der Waals surface area contributed by atoms with Gasteiger partial charge in [-0.25, -0.2) is 18.2 Å². The van der Waals surface area contributed by atoms with Crippen molar-refractivity contribution in [1.82, 2.24) is 14.3 Å². The first-order valence-electron chi connectivity index (χ1n) is 12.0. The van der Waals surface area contributed by atoms with Crippen LogP contribution in [0.3, 0.4) is 0 Å². The quantitative estimate of drug-likeness (QED) is 0.492. The van der Waals surface area contributed by atoms with E-state index in [1.165, 1.54) is 10.6 Å². The van der Waals surface area contributed by atoms with Gasteiger partial charge in [-0.1, -0.05) is 30.3 Å². The Kier molecular flexibility index (Phi) is 7.39. The molecule has 0 aliphatic carbocycles. The van der Waals surface area contributed by atoms with Gasteiger partial charge in [0.05, 0.1) is 36.3 Å². The smallest absolute Gasteiger partial charge is 0.374 e. The van der Waals surface area contributed by atoms with E-state index >= 15 is 0 Å². The van der Waals surface area contributed by atoms with E-state index in [0.717, 1.165) is 16.8 Å². The molecular formula is C27H31N5O4S. The molecule has 2 heterocycles. The van der Waals surface area contributed by atoms with Crippen LogP contribution in [-0.2, 0) is 34.3 Å². The number of aromatic amines is 1. The fourth-order valence-corrected chi connectivity index (χ4v) is 5.55. The van der Waals surface area contributed by atoms with Crippen molar-refractivity contribution >= 4 is 21.7 Å². The van der Waals surface area contributed by atoms with Crippen LogP contribution in [0.15, 0.2) is 54.7 Å². The number of imidazole rings is 1. The highest BCUT2D eigenvalue weighted by Gasteiger charge is 2.34. The van der Waals surface area contributed by atoms with Crippen LogP contribution in [0.2, 0.25) is 0 Å². The number of aromatic nitrogens is 2. The van der Waals surface area contributed by atoms with Gasteiger partial charge in [-0.15, -0.1) is 0 Å². The number of esters is 1. The number of nitriles is 1. The van der Waals surface area contributed by atoms with E-state index in [1.807, 2.05) is 36.4 Å². The Morgan fingerprint density at radius 1 is 1.22 bits per heavy atom. The van der Waals surface area contributed by atoms with Gasteiger partial charge in [0.25, 0.3) is 0 Å². The number of ether oxygens (including phenoxy) is 1. The highest BCUT2D eigenvalue weighted by atomic mass is 32.2. The Labute approximate surface area is 217 Å². The summed E-state index contributed by atoms with van der Waals surface area (Å²) in [5.74, 6) is -0.433. The fourth-order valence-electron chi connectivity index (χ4n) is 4.50. The molecule has 1 N–H and O–H groups in total. The number of nitrogens with zero attached hydrogens (tertiary/aromatic N) is 4. The molecule has 0 saturated carbocycles. The minimum absolute atomic E-state index is 0.110. The van der Waals surface area contributed by atoms with Crippen LogP contribution in [0.25, 0.3) is 0 Å². The summed E-state index contributed by atoms with van der Waals surface area (Å²) in [6, 6.07) is 16.9. The minimum atomic E-state index is -3.56. The maximum absolute atomic E-state index is 12.9. The number of hydrogen-bond donors (Lipinski definition) is 1. The SMILES string of the molecule is CC(C)(C)OC(=O)c1ncc(CN2C[C@@H](Cc3ccccc3)N(S(C)(=O)=O)Cc3cc(C#N)ccc32)[nH]1. The highest BCUT2D eigenvalue weighted by molar-refractivity contribution is 7.88. The van der Waals surface area contributed by atoms with Crippen molar-refractivity contribution < 1.29 is 17.9 Å². The Morgan fingerprint density at radius 2 is 1.95 bits per heavy atom. The van der Waals surface area contributed by atoms with E-state index in [9.17, 15) is 18.5 Å². The first-order chi connectivity index (χ1) is 17.4. The first kappa shape index (κ1) is 26.4. The van der Waals surface area contributed by atoms with Gasteiger partial charge in [0, 0.05) is 24.8 Å². The molecule has 0 radical (unpaired) electrons. The fraction of sp³-hybridized carbons (Fsp3) is 0.370. The number of carbonyl (C=O) groups is 1. The number of anilines is 1. The normalized spacial score (nSPS) is 16.5. The van der Waals surface area contributed by atoms with Gasteiger partial charge in [0.2, 0.25) is 15.8 Å². The summed E-state index contributed by atoms with van der Waals surface area (Å²) < 4.78 is 32.8. The number of H-pyrrole nitrogens is 1. The van der Waals surface area contributed by atoms with Gasteiger partial charge in [-0.3, -0.25) is 0 Å². The summed E-state index contributed by atoms with van der Waals surface area (Å²) in [7, 11) is -3.56. The van der Waals surface area contributed by atoms with Crippen LogP contribution < -0.4 is 4.90 Å². The second-order valence-electron chi connectivity index (χ2n) is 10.2. The molecule has 10 heteroatoms. The van der Waals surface area contributed by atoms with E-state index in [4.69, 9.17) is 4.74 Å². The van der Waals surface area contributed by atoms with Crippen molar-refractivity contribution in [1.29, 1.82) is 5.26 Å². The molecule has 1 aromatic heterocycles. The lowest BCUT2D eigenvalue weighted by Gasteiger charge is -2.31. The molecule has 9 nitrogen and oxygen atoms in total. The lowest BCUT2D eigenvalue weighted by atomic mass is 10.1. The molecule has 0 saturated heterocycles. The van der Waals surface area contributed by atoms with Gasteiger partial charge in [0.15, 0.2) is 0 Å². The molecule has 0 bridgehead atoms. The van der Waals surface area contributed by atoms with Crippen LogP contribution in [-0.4, -0.2) is 53.1 Å². The van der Waals surface area contributed by atoms with E-state index < -0.39 is 21.6 Å². The van der Waals surface area contributed by atoms with Crippen LogP contribution >= 0.6 is 0 Å². The van der Waals surface area contributed by atoms with Gasteiger partial charge >= 0.3 is 5.97 Å². The average Bonchev–Trinajstić information content (AvgIpc) is 3.23. The number of nitrogens with one attached hydrogen (secondary N) is 1. The van der Waals surface area contributed by atoms with E-state index in [2.05, 4.69) is 20.9 Å². The average molecular weight is 522 g/mol. The van der Waals surface area contributed by atoms with Crippen molar-refractivity contribution in [2.45, 2.75) is 51.9 Å². The second kappa shape index (κ2) is 10.4. The van der Waals surface area contributed by atoms with Crippen molar-refractivity contribution in [2.75, 3.05) is 17.7 Å². The lowest BCUT2D eigenvalue weighted by molar-refractivity contribution is 0.00566. The lowest BCUT2D eigenvalue weighted by Crippen LogP contribution is -2.45. The predicted octanol–water partition coefficient (Wildman–Crippen LogP) is 3.63. The van der Waals surface area contributed by atoms with E-state index in [-0.39, 0.29) is 18.4 Å². The summed E-state index contributed by atoms with van der Waals surface area (Å²) >= 11 is 0. The molecule has 1 aliphatic rings. The number of benzene rings is 2. The third kappa shape index (κ3) is 6.56. The maximum Gasteiger partial charge on any atom is 0.374 e. The molecule has 0 spiro atoms. The monoisotopic (exact) mass is 521 g/mol. The second-order valence-corrected chi connectivity index (χ2v) is 12.2. The third-order valence-corrected chi connectivity index (χ3v) is 7.32. The van der Waals surface area contributed by atoms with Crippen molar-refractivity contribution in [3.63, 3.8) is 0 Å². The van der Waals surface area contributed by atoms with Gasteiger partial charge in [-0.05, 0) is 56.5 Å². The molecule has 3 aromatic rings. The molecule has 0 fully saturated rings. The van der Waals surface area contributed by atoms with Crippen LogP contribution in [0.5, 0.6) is 0 Å². The Balaban J connectivity index is 1.70. The number of hydrogen-bond acceptors (Lipinski definition) is 7. The molecule has 1 atom stereocenters. The molecule has 0 unspecified atom stereocenters. The highest BCUT2D eigenvalue weighted by Crippen LogP contribution is 2.32. The molecule has 1 aliphatic heterocycles. The Morgan fingerprint density at radius 3 is 2.59 bits per heavy atom. The Bertz CT molecular complexity index is 1420. The molecule has 2 aromatic carbocycles. The number of rotatable bonds is 6. The standard InChI is InChI=1S/C27H31N5O4S/c1-27(2,3)36-26(33)25-29-15-22(30-25)17-31-18-23(13-19-8-6-5-7-9-19)32(37(4,34)35)16-21-12-20(14-28)10-11-24(21)31/h5-12,15,23H,13,16-18H2,1-4H3,(H,29,30)/t23-/m1/s1. The summed E-state index contributed by atoms with van der Waals surface area (Å²) in [6.45, 7) is 6.29. The van der Waals surface area contributed by atoms with Gasteiger partial charge in [0.1, 0.15) is 5.60 Å². The summed E-state index contributed by atoms with van der Waals surface area (Å²) in [4.78, 5) is 21.8. The zero-order valence-electron chi connectivity index (χ0n) is 21.4. The zero-order valence-corrected chi connectivity index (χ0v) is 22.2. The Hall–Kier alpha value is -3.68. The third-order valence-electron chi connectivity index (χ3n) is 6.04. The summed E-state index contributed by atoms with van der Waals surface area (Å²) in [5, 5.41) is 9.47. The van der Waals surface area contributed by atoms with Crippen LogP contribution in [0.1, 0.15) is 53.8 Å². The maximum atomic E-state index is 12.9.